The molecule has 6 heteroatoms. The van der Waals surface area contributed by atoms with Crippen LogP contribution in [0.25, 0.3) is 0 Å². The summed E-state index contributed by atoms with van der Waals surface area (Å²) in [6.07, 6.45) is 1.10. The lowest BCUT2D eigenvalue weighted by atomic mass is 10.1. The van der Waals surface area contributed by atoms with Crippen molar-refractivity contribution in [1.29, 1.82) is 0 Å². The summed E-state index contributed by atoms with van der Waals surface area (Å²) < 4.78 is 10.7. The van der Waals surface area contributed by atoms with Gasteiger partial charge >= 0.3 is 0 Å². The van der Waals surface area contributed by atoms with E-state index in [0.717, 1.165) is 18.8 Å². The second kappa shape index (κ2) is 7.65. The maximum Gasteiger partial charge on any atom is 0.276 e. The maximum atomic E-state index is 5.46. The van der Waals surface area contributed by atoms with Gasteiger partial charge in [-0.2, -0.15) is 0 Å². The Hall–Kier alpha value is -0.590. The van der Waals surface area contributed by atoms with Crippen molar-refractivity contribution >= 4 is 11.8 Å². The highest BCUT2D eigenvalue weighted by Crippen LogP contribution is 2.15. The average molecular weight is 245 g/mol. The van der Waals surface area contributed by atoms with Crippen LogP contribution in [0.1, 0.15) is 26.2 Å². The molecule has 0 spiro atoms. The zero-order chi connectivity index (χ0) is 11.8. The monoisotopic (exact) mass is 245 g/mol. The minimum Gasteiger partial charge on any atom is -0.415 e. The molecule has 0 saturated carbocycles. The van der Waals surface area contributed by atoms with Gasteiger partial charge in [-0.3, -0.25) is 0 Å². The molecule has 92 valence electrons. The van der Waals surface area contributed by atoms with E-state index in [1.165, 1.54) is 11.8 Å². The van der Waals surface area contributed by atoms with Gasteiger partial charge in [0.15, 0.2) is 0 Å². The van der Waals surface area contributed by atoms with E-state index in [2.05, 4.69) is 24.0 Å². The molecule has 1 rings (SSSR count). The molecule has 0 amide bonds. The molecule has 16 heavy (non-hydrogen) atoms. The number of nitrogens with zero attached hydrogens (tertiary/aromatic N) is 2. The van der Waals surface area contributed by atoms with E-state index in [4.69, 9.17) is 14.9 Å². The fraction of sp³-hybridized carbons (Fsp3) is 0.800. The van der Waals surface area contributed by atoms with E-state index in [-0.39, 0.29) is 0 Å². The van der Waals surface area contributed by atoms with Crippen LogP contribution in [-0.4, -0.2) is 29.2 Å². The molecule has 1 heterocycles. The molecular weight excluding hydrogens is 226 g/mol. The summed E-state index contributed by atoms with van der Waals surface area (Å²) in [5, 5.41) is 8.18. The second-order valence-electron chi connectivity index (χ2n) is 3.81. The first-order chi connectivity index (χ1) is 7.72. The molecule has 0 unspecified atom stereocenters. The van der Waals surface area contributed by atoms with E-state index >= 15 is 0 Å². The van der Waals surface area contributed by atoms with Gasteiger partial charge < -0.3 is 14.9 Å². The first-order valence-corrected chi connectivity index (χ1v) is 6.44. The topological polar surface area (TPSA) is 74.2 Å². The van der Waals surface area contributed by atoms with Crippen molar-refractivity contribution < 1.29 is 9.15 Å². The van der Waals surface area contributed by atoms with Gasteiger partial charge in [-0.25, -0.2) is 0 Å². The number of hydrogen-bond acceptors (Lipinski definition) is 6. The number of nitrogens with two attached hydrogens (primary N) is 1. The summed E-state index contributed by atoms with van der Waals surface area (Å²) in [5.74, 6) is 1.99. The van der Waals surface area contributed by atoms with E-state index < -0.39 is 0 Å². The smallest absolute Gasteiger partial charge is 0.276 e. The molecule has 1 aromatic heterocycles. The Kier molecular flexibility index (Phi) is 6.44. The van der Waals surface area contributed by atoms with Gasteiger partial charge in [0.05, 0.1) is 13.2 Å². The third-order valence-electron chi connectivity index (χ3n) is 1.92. The Morgan fingerprint density at radius 2 is 2.19 bits per heavy atom. The molecule has 0 radical (unpaired) electrons. The van der Waals surface area contributed by atoms with Crippen LogP contribution in [0.4, 0.5) is 0 Å². The zero-order valence-electron chi connectivity index (χ0n) is 9.81. The lowest BCUT2D eigenvalue weighted by Crippen LogP contribution is -2.02. The van der Waals surface area contributed by atoms with Gasteiger partial charge in [-0.1, -0.05) is 25.6 Å². The third kappa shape index (κ3) is 5.48. The zero-order valence-corrected chi connectivity index (χ0v) is 10.6. The van der Waals surface area contributed by atoms with Crippen LogP contribution in [0, 0.1) is 5.92 Å². The summed E-state index contributed by atoms with van der Waals surface area (Å²) in [6.45, 7) is 6.18. The van der Waals surface area contributed by atoms with Crippen LogP contribution < -0.4 is 5.73 Å². The van der Waals surface area contributed by atoms with Gasteiger partial charge in [0.25, 0.3) is 5.22 Å². The molecule has 2 N–H and O–H groups in total. The summed E-state index contributed by atoms with van der Waals surface area (Å²) in [4.78, 5) is 0. The molecule has 0 aliphatic heterocycles. The Morgan fingerprint density at radius 1 is 1.38 bits per heavy atom. The molecule has 0 atom stereocenters. The molecule has 0 bridgehead atoms. The highest BCUT2D eigenvalue weighted by Gasteiger charge is 2.04. The Morgan fingerprint density at radius 3 is 2.81 bits per heavy atom. The van der Waals surface area contributed by atoms with Crippen molar-refractivity contribution in [1.82, 2.24) is 10.2 Å². The van der Waals surface area contributed by atoms with E-state index in [1.54, 1.807) is 0 Å². The fourth-order valence-corrected chi connectivity index (χ4v) is 1.62. The van der Waals surface area contributed by atoms with Crippen LogP contribution in [0.15, 0.2) is 9.64 Å². The molecule has 0 aliphatic rings. The molecule has 0 aromatic carbocycles. The van der Waals surface area contributed by atoms with Crippen LogP contribution in [0.5, 0.6) is 0 Å². The van der Waals surface area contributed by atoms with Crippen LogP contribution in [-0.2, 0) is 11.3 Å². The summed E-state index contributed by atoms with van der Waals surface area (Å²) in [5.41, 5.74) is 5.36. The minimum atomic E-state index is 0.290. The summed E-state index contributed by atoms with van der Waals surface area (Å²) in [6, 6.07) is 0. The van der Waals surface area contributed by atoms with Crippen LogP contribution >= 0.6 is 11.8 Å². The van der Waals surface area contributed by atoms with Crippen LogP contribution in [0.2, 0.25) is 0 Å². The standard InChI is InChI=1S/C10H19N3O2S/c1-8(2)3-4-14-5-6-16-10-13-12-9(7-11)15-10/h8H,3-7,11H2,1-2H3. The van der Waals surface area contributed by atoms with E-state index in [1.807, 2.05) is 0 Å². The lowest BCUT2D eigenvalue weighted by Gasteiger charge is -2.04. The normalized spacial score (nSPS) is 11.2. The first-order valence-electron chi connectivity index (χ1n) is 5.45. The average Bonchev–Trinajstić information content (AvgIpc) is 2.70. The molecule has 5 nitrogen and oxygen atoms in total. The fourth-order valence-electron chi connectivity index (χ4n) is 0.988. The molecular formula is C10H19N3O2S. The van der Waals surface area contributed by atoms with Gasteiger partial charge in [-0.15, -0.1) is 10.2 Å². The molecule has 0 fully saturated rings. The van der Waals surface area contributed by atoms with Gasteiger partial charge in [0, 0.05) is 12.4 Å². The Bertz CT molecular complexity index is 291. The minimum absolute atomic E-state index is 0.290. The van der Waals surface area contributed by atoms with E-state index in [9.17, 15) is 0 Å². The second-order valence-corrected chi connectivity index (χ2v) is 4.86. The van der Waals surface area contributed by atoms with Crippen LogP contribution in [0.3, 0.4) is 0 Å². The lowest BCUT2D eigenvalue weighted by molar-refractivity contribution is 0.138. The number of thioether (sulfide) groups is 1. The predicted octanol–water partition coefficient (Wildman–Crippen LogP) is 1.68. The highest BCUT2D eigenvalue weighted by atomic mass is 32.2. The first kappa shape index (κ1) is 13.5. The van der Waals surface area contributed by atoms with Crippen molar-refractivity contribution in [2.45, 2.75) is 32.0 Å². The quantitative estimate of drug-likeness (QED) is 0.555. The predicted molar refractivity (Wildman–Crippen MR) is 63.2 cm³/mol. The van der Waals surface area contributed by atoms with Crippen molar-refractivity contribution in [2.24, 2.45) is 11.7 Å². The number of rotatable bonds is 8. The van der Waals surface area contributed by atoms with Gasteiger partial charge in [-0.05, 0) is 12.3 Å². The molecule has 0 saturated heterocycles. The Labute approximate surface area is 100 Å². The number of ether oxygens (including phenoxy) is 1. The molecule has 0 aliphatic carbocycles. The third-order valence-corrected chi connectivity index (χ3v) is 2.70. The summed E-state index contributed by atoms with van der Waals surface area (Å²) in [7, 11) is 0. The SMILES string of the molecule is CC(C)CCOCCSc1nnc(CN)o1. The van der Waals surface area contributed by atoms with Crippen molar-refractivity contribution in [3.8, 4) is 0 Å². The highest BCUT2D eigenvalue weighted by molar-refractivity contribution is 7.99. The van der Waals surface area contributed by atoms with Crippen molar-refractivity contribution in [3.05, 3.63) is 5.89 Å². The van der Waals surface area contributed by atoms with Crippen molar-refractivity contribution in [2.75, 3.05) is 19.0 Å². The summed E-state index contributed by atoms with van der Waals surface area (Å²) >= 11 is 1.49. The van der Waals surface area contributed by atoms with Gasteiger partial charge in [0.2, 0.25) is 5.89 Å². The maximum absolute atomic E-state index is 5.46. The Balaban J connectivity index is 2.02. The van der Waals surface area contributed by atoms with E-state index in [0.29, 0.717) is 30.2 Å². The number of aromatic nitrogens is 2. The molecule has 1 aromatic rings. The number of hydrogen-bond donors (Lipinski definition) is 1. The van der Waals surface area contributed by atoms with Crippen molar-refractivity contribution in [3.63, 3.8) is 0 Å². The van der Waals surface area contributed by atoms with Gasteiger partial charge in [0.1, 0.15) is 0 Å². The largest absolute Gasteiger partial charge is 0.415 e.